The highest BCUT2D eigenvalue weighted by Crippen LogP contribution is 2.44. The van der Waals surface area contributed by atoms with Gasteiger partial charge in [0.25, 0.3) is 23.6 Å². The van der Waals surface area contributed by atoms with Crippen molar-refractivity contribution < 1.29 is 67.3 Å². The highest BCUT2D eigenvalue weighted by atomic mass is 16.5. The van der Waals surface area contributed by atoms with Crippen molar-refractivity contribution in [2.75, 3.05) is 57.9 Å². The summed E-state index contributed by atoms with van der Waals surface area (Å²) in [5, 5.41) is 32.8. The molecule has 0 bridgehead atoms. The van der Waals surface area contributed by atoms with Gasteiger partial charge >= 0.3 is 0 Å². The summed E-state index contributed by atoms with van der Waals surface area (Å²) in [4.78, 5) is 158. The topological polar surface area (TPSA) is 355 Å². The van der Waals surface area contributed by atoms with E-state index in [1.54, 1.807) is 23.1 Å². The molecule has 0 spiro atoms. The number of ether oxygens (including phenoxy) is 2. The van der Waals surface area contributed by atoms with Gasteiger partial charge in [0.05, 0.1) is 57.0 Å². The first-order chi connectivity index (χ1) is 40.2. The summed E-state index contributed by atoms with van der Waals surface area (Å²) >= 11 is 0. The van der Waals surface area contributed by atoms with Gasteiger partial charge in [0, 0.05) is 43.3 Å². The van der Waals surface area contributed by atoms with Crippen molar-refractivity contribution in [2.45, 2.75) is 160 Å². The van der Waals surface area contributed by atoms with Gasteiger partial charge in [0.2, 0.25) is 41.2 Å². The Morgan fingerprint density at radius 3 is 2.14 bits per heavy atom. The normalized spacial score (nSPS) is 22.4. The largest absolute Gasteiger partial charge is 0.377 e. The van der Waals surface area contributed by atoms with Crippen LogP contribution in [0, 0.1) is 23.2 Å². The van der Waals surface area contributed by atoms with Crippen molar-refractivity contribution in [1.82, 2.24) is 57.0 Å². The van der Waals surface area contributed by atoms with Gasteiger partial charge in [-0.3, -0.25) is 63.0 Å². The average Bonchev–Trinajstić information content (AvgIpc) is 2.92. The first-order valence-electron chi connectivity index (χ1n) is 29.6. The third-order valence-electron chi connectivity index (χ3n) is 16.5. The Balaban J connectivity index is 0.760. The highest BCUT2D eigenvalue weighted by molar-refractivity contribution is 6.38. The quantitative estimate of drug-likeness (QED) is 0.0338. The standard InChI is InChI=1S/C58H80N12O14/c1-5-11-38(47(73)54(79)64-34-18-19-34)65-53(78)46-35-15-9-14-33(35)31-69(46)57(82)48(58(2,3)4)68-52(77)45(32-12-7-6-8-13-32)67-50(75)40-29-61-39(28-62-40)49(74)60-23-25-84-27-26-83-24-22-59-43(72)30-63-37-17-10-16-36-44(37)56(81)70(55(36)80)41-20-21-42(71)66-51(41)76/h10,16-17,28-29,32-35,38,41,45-46,48,55,63,80H,5-9,11-15,18-27,30-31H2,1-4H3,(H,59,72)(H,60,74)(H,64,79)(H,65,78)(H,67,75)(H,68,77)(H,66,71,76)/t33-,35?,38-,41?,45-,46-,48+,55?/m0/s1. The molecule has 8 atom stereocenters. The number of carbonyl (C=O) groups is 11. The molecular formula is C58H80N12O14. The van der Waals surface area contributed by atoms with Crippen LogP contribution in [-0.2, 0) is 47.8 Å². The number of aliphatic hydroxyl groups excluding tert-OH is 1. The van der Waals surface area contributed by atoms with Crippen molar-refractivity contribution in [2.24, 2.45) is 23.2 Å². The van der Waals surface area contributed by atoms with Crippen LogP contribution in [0.15, 0.2) is 30.6 Å². The first kappa shape index (κ1) is 62.6. The molecule has 456 valence electrons. The number of Topliss-reactive ketones (excluding diaryl/α,β-unsaturated/α-hetero) is 1. The van der Waals surface area contributed by atoms with E-state index >= 15 is 0 Å². The number of nitrogens with zero attached hydrogens (tertiary/aromatic N) is 4. The van der Waals surface area contributed by atoms with E-state index in [1.807, 2.05) is 27.7 Å². The third-order valence-corrected chi connectivity index (χ3v) is 16.5. The van der Waals surface area contributed by atoms with E-state index in [9.17, 15) is 57.8 Å². The second kappa shape index (κ2) is 28.4. The zero-order valence-electron chi connectivity index (χ0n) is 48.3. The molecular weight excluding hydrogens is 1090 g/mol. The Kier molecular flexibility index (Phi) is 21.2. The van der Waals surface area contributed by atoms with E-state index < -0.39 is 107 Å². The zero-order valence-corrected chi connectivity index (χ0v) is 48.3. The highest BCUT2D eigenvalue weighted by Gasteiger charge is 2.53. The van der Waals surface area contributed by atoms with Crippen LogP contribution in [0.25, 0.3) is 0 Å². The minimum Gasteiger partial charge on any atom is -0.377 e. The van der Waals surface area contributed by atoms with E-state index in [2.05, 4.69) is 52.5 Å². The number of likely N-dealkylation sites (tertiary alicyclic amines) is 1. The maximum absolute atomic E-state index is 14.9. The van der Waals surface area contributed by atoms with E-state index in [4.69, 9.17) is 9.47 Å². The average molecular weight is 1170 g/mol. The Morgan fingerprint density at radius 1 is 0.798 bits per heavy atom. The monoisotopic (exact) mass is 1170 g/mol. The second-order valence-corrected chi connectivity index (χ2v) is 23.7. The summed E-state index contributed by atoms with van der Waals surface area (Å²) < 4.78 is 11.1. The fraction of sp³-hybridized carbons (Fsp3) is 0.638. The molecule has 26 nitrogen and oxygen atoms in total. The molecule has 2 aromatic rings. The minimum atomic E-state index is -1.40. The fourth-order valence-electron chi connectivity index (χ4n) is 12.0. The molecule has 5 fully saturated rings. The summed E-state index contributed by atoms with van der Waals surface area (Å²) in [5.41, 5.74) is -0.339. The van der Waals surface area contributed by atoms with Crippen LogP contribution >= 0.6 is 0 Å². The van der Waals surface area contributed by atoms with Gasteiger partial charge in [-0.15, -0.1) is 0 Å². The van der Waals surface area contributed by atoms with Crippen molar-refractivity contribution >= 4 is 70.5 Å². The molecule has 10 amide bonds. The van der Waals surface area contributed by atoms with Gasteiger partial charge in [-0.2, -0.15) is 0 Å². The maximum atomic E-state index is 14.9. The summed E-state index contributed by atoms with van der Waals surface area (Å²) in [5.74, 6) is -6.70. The smallest absolute Gasteiger partial charge is 0.289 e. The molecule has 9 N–H and O–H groups in total. The number of anilines is 1. The SMILES string of the molecule is CCC[C@H](NC(=O)[C@@H]1C2CCC[C@H]2CN1C(=O)[C@@H](NC(=O)[C@@H](NC(=O)c1cnc(C(=O)NCCOCCOCCNC(=O)CNc2cccc3c2C(=O)N(C2CCC(=O)NC2=O)C3O)cn1)C1CCCCC1)C(C)(C)C)C(=O)C(=O)NC1CC1. The van der Waals surface area contributed by atoms with Crippen molar-refractivity contribution in [3.8, 4) is 0 Å². The van der Waals surface area contributed by atoms with Crippen LogP contribution in [0.1, 0.15) is 161 Å². The molecule has 3 saturated carbocycles. The number of ketones is 1. The summed E-state index contributed by atoms with van der Waals surface area (Å²) in [6, 6.07) is -0.430. The lowest BCUT2D eigenvalue weighted by molar-refractivity contribution is -0.146. The van der Waals surface area contributed by atoms with Gasteiger partial charge in [0.15, 0.2) is 6.23 Å². The Hall–Kier alpha value is -7.45. The van der Waals surface area contributed by atoms with E-state index in [1.165, 1.54) is 0 Å². The number of rotatable bonds is 27. The molecule has 26 heteroatoms. The van der Waals surface area contributed by atoms with Crippen molar-refractivity contribution in [1.29, 1.82) is 0 Å². The van der Waals surface area contributed by atoms with Crippen molar-refractivity contribution in [3.63, 3.8) is 0 Å². The molecule has 8 rings (SSSR count). The second-order valence-electron chi connectivity index (χ2n) is 23.7. The van der Waals surface area contributed by atoms with Gasteiger partial charge in [-0.25, -0.2) is 9.97 Å². The van der Waals surface area contributed by atoms with Crippen LogP contribution in [0.2, 0.25) is 0 Å². The fourth-order valence-corrected chi connectivity index (χ4v) is 12.0. The van der Waals surface area contributed by atoms with Crippen LogP contribution in [0.3, 0.4) is 0 Å². The molecule has 4 heterocycles. The lowest BCUT2D eigenvalue weighted by Crippen LogP contribution is -2.62. The number of benzene rings is 1. The molecule has 1 aromatic carbocycles. The van der Waals surface area contributed by atoms with Gasteiger partial charge in [-0.1, -0.05) is 71.9 Å². The number of nitrogens with one attached hydrogen (secondary N) is 8. The third kappa shape index (κ3) is 15.5. The lowest BCUT2D eigenvalue weighted by Gasteiger charge is -2.38. The van der Waals surface area contributed by atoms with Crippen LogP contribution in [0.5, 0.6) is 0 Å². The number of fused-ring (bicyclic) bond motifs is 2. The number of amides is 10. The number of piperidine rings is 1. The van der Waals surface area contributed by atoms with Gasteiger partial charge < -0.3 is 56.7 Å². The molecule has 2 saturated heterocycles. The summed E-state index contributed by atoms with van der Waals surface area (Å²) in [7, 11) is 0. The van der Waals surface area contributed by atoms with Crippen molar-refractivity contribution in [3.05, 3.63) is 53.1 Å². The predicted molar refractivity (Wildman–Crippen MR) is 300 cm³/mol. The molecule has 3 aliphatic heterocycles. The number of hydrogen-bond donors (Lipinski definition) is 9. The van der Waals surface area contributed by atoms with E-state index in [0.29, 0.717) is 37.9 Å². The summed E-state index contributed by atoms with van der Waals surface area (Å²) in [6.45, 7) is 8.36. The number of hydrogen-bond acceptors (Lipinski definition) is 17. The molecule has 84 heavy (non-hydrogen) atoms. The number of imide groups is 1. The Labute approximate surface area is 487 Å². The molecule has 3 aliphatic carbocycles. The van der Waals surface area contributed by atoms with Gasteiger partial charge in [-0.05, 0) is 80.6 Å². The predicted octanol–water partition coefficient (Wildman–Crippen LogP) is 0.689. The molecule has 3 unspecified atom stereocenters. The molecule has 1 aromatic heterocycles. The first-order valence-corrected chi connectivity index (χ1v) is 29.6. The van der Waals surface area contributed by atoms with E-state index in [0.717, 1.165) is 62.2 Å². The lowest BCUT2D eigenvalue weighted by atomic mass is 9.82. The maximum Gasteiger partial charge on any atom is 0.289 e. The Morgan fingerprint density at radius 2 is 1.49 bits per heavy atom. The summed E-state index contributed by atoms with van der Waals surface area (Å²) in [6.07, 6.45) is 9.76. The van der Waals surface area contributed by atoms with Crippen LogP contribution in [-0.4, -0.2) is 179 Å². The molecule has 6 aliphatic rings. The molecule has 0 radical (unpaired) electrons. The Bertz CT molecular complexity index is 2800. The zero-order chi connectivity index (χ0) is 60.2. The van der Waals surface area contributed by atoms with Gasteiger partial charge in [0.1, 0.15) is 35.6 Å². The van der Waals surface area contributed by atoms with Crippen LogP contribution in [0.4, 0.5) is 5.69 Å². The number of aliphatic hydroxyl groups is 1. The number of aromatic nitrogens is 2. The minimum absolute atomic E-state index is 0.0309. The van der Waals surface area contributed by atoms with Crippen LogP contribution < -0.4 is 42.5 Å². The number of carbonyl (C=O) groups excluding carboxylic acids is 11. The van der Waals surface area contributed by atoms with E-state index in [-0.39, 0.29) is 112 Å².